The number of carboxylic acid groups (broad SMARTS) is 1. The summed E-state index contributed by atoms with van der Waals surface area (Å²) in [4.78, 5) is 27.0. The van der Waals surface area contributed by atoms with Gasteiger partial charge in [-0.25, -0.2) is 4.79 Å². The first-order chi connectivity index (χ1) is 9.54. The standard InChI is InChI=1S/C14H21N3O3/c1-2-3-6-11(15)13(18)17-12(14(19)20)8-10-5-4-7-16-9-10/h4-5,7,9,11-12H,2-3,6,8,15H2,1H3,(H,17,18)(H,19,20)/t11-,12+/m1/s1. The summed E-state index contributed by atoms with van der Waals surface area (Å²) in [7, 11) is 0. The van der Waals surface area contributed by atoms with Crippen LogP contribution in [-0.4, -0.2) is 34.1 Å². The normalized spacial score (nSPS) is 13.5. The van der Waals surface area contributed by atoms with E-state index in [0.717, 1.165) is 18.4 Å². The van der Waals surface area contributed by atoms with Gasteiger partial charge < -0.3 is 16.2 Å². The quantitative estimate of drug-likeness (QED) is 0.650. The summed E-state index contributed by atoms with van der Waals surface area (Å²) in [5, 5.41) is 11.6. The SMILES string of the molecule is CCCC[C@@H](N)C(=O)N[C@@H](Cc1cccnc1)C(=O)O. The number of pyridine rings is 1. The molecule has 1 aromatic rings. The Labute approximate surface area is 118 Å². The van der Waals surface area contributed by atoms with Gasteiger partial charge in [0.1, 0.15) is 6.04 Å². The molecule has 6 nitrogen and oxygen atoms in total. The molecule has 110 valence electrons. The molecule has 0 aliphatic heterocycles. The lowest BCUT2D eigenvalue weighted by Crippen LogP contribution is -2.49. The molecule has 6 heteroatoms. The van der Waals surface area contributed by atoms with Crippen molar-refractivity contribution >= 4 is 11.9 Å². The third kappa shape index (κ3) is 5.36. The number of carboxylic acids is 1. The van der Waals surface area contributed by atoms with Crippen LogP contribution in [0, 0.1) is 0 Å². The lowest BCUT2D eigenvalue weighted by molar-refractivity contribution is -0.142. The van der Waals surface area contributed by atoms with Crippen LogP contribution in [-0.2, 0) is 16.0 Å². The van der Waals surface area contributed by atoms with Crippen LogP contribution >= 0.6 is 0 Å². The van der Waals surface area contributed by atoms with E-state index in [-0.39, 0.29) is 6.42 Å². The van der Waals surface area contributed by atoms with Crippen LogP contribution < -0.4 is 11.1 Å². The molecule has 0 spiro atoms. The fourth-order valence-corrected chi connectivity index (χ4v) is 1.79. The second-order valence-electron chi connectivity index (χ2n) is 4.71. The highest BCUT2D eigenvalue weighted by molar-refractivity contribution is 5.86. The summed E-state index contributed by atoms with van der Waals surface area (Å²) in [6.07, 6.45) is 5.72. The van der Waals surface area contributed by atoms with Crippen molar-refractivity contribution in [3.8, 4) is 0 Å². The first kappa shape index (κ1) is 16.1. The molecular formula is C14H21N3O3. The number of nitrogens with two attached hydrogens (primary N) is 1. The Bertz CT molecular complexity index is 437. The third-order valence-corrected chi connectivity index (χ3v) is 2.98. The highest BCUT2D eigenvalue weighted by atomic mass is 16.4. The van der Waals surface area contributed by atoms with E-state index in [9.17, 15) is 9.59 Å². The van der Waals surface area contributed by atoms with Gasteiger partial charge in [0.05, 0.1) is 6.04 Å². The number of nitrogens with one attached hydrogen (secondary N) is 1. The summed E-state index contributed by atoms with van der Waals surface area (Å²) < 4.78 is 0. The van der Waals surface area contributed by atoms with Crippen molar-refractivity contribution in [2.24, 2.45) is 5.73 Å². The third-order valence-electron chi connectivity index (χ3n) is 2.98. The molecule has 0 aliphatic carbocycles. The fraction of sp³-hybridized carbons (Fsp3) is 0.500. The van der Waals surface area contributed by atoms with Gasteiger partial charge >= 0.3 is 5.97 Å². The number of carbonyl (C=O) groups excluding carboxylic acids is 1. The number of nitrogens with zero attached hydrogens (tertiary/aromatic N) is 1. The summed E-state index contributed by atoms with van der Waals surface area (Å²) >= 11 is 0. The molecule has 1 aromatic heterocycles. The van der Waals surface area contributed by atoms with E-state index in [0.29, 0.717) is 6.42 Å². The minimum absolute atomic E-state index is 0.190. The molecule has 4 N–H and O–H groups in total. The van der Waals surface area contributed by atoms with Crippen molar-refractivity contribution in [2.75, 3.05) is 0 Å². The van der Waals surface area contributed by atoms with Gasteiger partial charge in [0.15, 0.2) is 0 Å². The fourth-order valence-electron chi connectivity index (χ4n) is 1.79. The van der Waals surface area contributed by atoms with Gasteiger partial charge in [0, 0.05) is 18.8 Å². The first-order valence-electron chi connectivity index (χ1n) is 6.72. The molecule has 0 unspecified atom stereocenters. The number of aliphatic carboxylic acids is 1. The van der Waals surface area contributed by atoms with E-state index in [1.165, 1.54) is 0 Å². The zero-order valence-corrected chi connectivity index (χ0v) is 11.6. The molecular weight excluding hydrogens is 258 g/mol. The molecule has 0 bridgehead atoms. The molecule has 0 saturated heterocycles. The first-order valence-corrected chi connectivity index (χ1v) is 6.72. The average Bonchev–Trinajstić information content (AvgIpc) is 2.44. The van der Waals surface area contributed by atoms with Crippen LogP contribution in [0.25, 0.3) is 0 Å². The highest BCUT2D eigenvalue weighted by Crippen LogP contribution is 2.03. The number of carbonyl (C=O) groups is 2. The Morgan fingerprint density at radius 3 is 2.80 bits per heavy atom. The van der Waals surface area contributed by atoms with E-state index in [4.69, 9.17) is 10.8 Å². The number of rotatable bonds is 8. The maximum Gasteiger partial charge on any atom is 0.326 e. The van der Waals surface area contributed by atoms with Crippen LogP contribution in [0.15, 0.2) is 24.5 Å². The minimum Gasteiger partial charge on any atom is -0.480 e. The zero-order chi connectivity index (χ0) is 15.0. The van der Waals surface area contributed by atoms with Crippen molar-refractivity contribution in [1.82, 2.24) is 10.3 Å². The van der Waals surface area contributed by atoms with Gasteiger partial charge in [-0.05, 0) is 18.1 Å². The highest BCUT2D eigenvalue weighted by Gasteiger charge is 2.23. The Balaban J connectivity index is 2.59. The molecule has 0 radical (unpaired) electrons. The van der Waals surface area contributed by atoms with Gasteiger partial charge in [-0.3, -0.25) is 9.78 Å². The topological polar surface area (TPSA) is 105 Å². The van der Waals surface area contributed by atoms with E-state index >= 15 is 0 Å². The molecule has 0 aliphatic rings. The van der Waals surface area contributed by atoms with Crippen LogP contribution in [0.4, 0.5) is 0 Å². The number of amides is 1. The Morgan fingerprint density at radius 2 is 2.25 bits per heavy atom. The van der Waals surface area contributed by atoms with E-state index in [1.807, 2.05) is 6.92 Å². The molecule has 0 aromatic carbocycles. The van der Waals surface area contributed by atoms with Crippen LogP contribution in [0.5, 0.6) is 0 Å². The lowest BCUT2D eigenvalue weighted by Gasteiger charge is -2.17. The Kier molecular flexibility index (Phi) is 6.66. The van der Waals surface area contributed by atoms with Crippen molar-refractivity contribution in [3.63, 3.8) is 0 Å². The number of hydrogen-bond acceptors (Lipinski definition) is 4. The van der Waals surface area contributed by atoms with Crippen LogP contribution in [0.2, 0.25) is 0 Å². The molecule has 1 heterocycles. The second-order valence-corrected chi connectivity index (χ2v) is 4.71. The van der Waals surface area contributed by atoms with Gasteiger partial charge in [0.25, 0.3) is 0 Å². The maximum atomic E-state index is 11.8. The average molecular weight is 279 g/mol. The number of hydrogen-bond donors (Lipinski definition) is 3. The van der Waals surface area contributed by atoms with Crippen molar-refractivity contribution in [3.05, 3.63) is 30.1 Å². The molecule has 20 heavy (non-hydrogen) atoms. The zero-order valence-electron chi connectivity index (χ0n) is 11.6. The number of aromatic nitrogens is 1. The van der Waals surface area contributed by atoms with Crippen molar-refractivity contribution in [1.29, 1.82) is 0 Å². The van der Waals surface area contributed by atoms with E-state index in [1.54, 1.807) is 24.5 Å². The summed E-state index contributed by atoms with van der Waals surface area (Å²) in [6, 6.07) is 1.85. The van der Waals surface area contributed by atoms with Crippen molar-refractivity contribution in [2.45, 2.75) is 44.7 Å². The molecule has 1 rings (SSSR count). The minimum atomic E-state index is -1.08. The van der Waals surface area contributed by atoms with Gasteiger partial charge in [0.2, 0.25) is 5.91 Å². The van der Waals surface area contributed by atoms with Crippen LogP contribution in [0.1, 0.15) is 31.7 Å². The van der Waals surface area contributed by atoms with Gasteiger partial charge in [-0.1, -0.05) is 25.8 Å². The monoisotopic (exact) mass is 279 g/mol. The van der Waals surface area contributed by atoms with Gasteiger partial charge in [-0.2, -0.15) is 0 Å². The molecule has 1 amide bonds. The van der Waals surface area contributed by atoms with Gasteiger partial charge in [-0.15, -0.1) is 0 Å². The Hall–Kier alpha value is -1.95. The molecule has 0 fully saturated rings. The van der Waals surface area contributed by atoms with E-state index < -0.39 is 24.0 Å². The Morgan fingerprint density at radius 1 is 1.50 bits per heavy atom. The largest absolute Gasteiger partial charge is 0.480 e. The summed E-state index contributed by atoms with van der Waals surface area (Å²) in [6.45, 7) is 2.01. The molecule has 0 saturated carbocycles. The predicted molar refractivity (Wildman–Crippen MR) is 75.0 cm³/mol. The smallest absolute Gasteiger partial charge is 0.326 e. The summed E-state index contributed by atoms with van der Waals surface area (Å²) in [5.41, 5.74) is 6.48. The maximum absolute atomic E-state index is 11.8. The summed E-state index contributed by atoms with van der Waals surface area (Å²) in [5.74, 6) is -1.50. The van der Waals surface area contributed by atoms with E-state index in [2.05, 4.69) is 10.3 Å². The van der Waals surface area contributed by atoms with Crippen molar-refractivity contribution < 1.29 is 14.7 Å². The van der Waals surface area contributed by atoms with Crippen LogP contribution in [0.3, 0.4) is 0 Å². The number of unbranched alkanes of at least 4 members (excludes halogenated alkanes) is 1. The predicted octanol–water partition coefficient (Wildman–Crippen LogP) is 0.711. The second kappa shape index (κ2) is 8.27. The lowest BCUT2D eigenvalue weighted by atomic mass is 10.1. The molecule has 2 atom stereocenters.